The maximum absolute atomic E-state index is 11.4. The maximum Gasteiger partial charge on any atom is 1.00 e. The van der Waals surface area contributed by atoms with Gasteiger partial charge in [-0.15, -0.1) is 0 Å². The van der Waals surface area contributed by atoms with Gasteiger partial charge >= 0.3 is 59.1 Å². The van der Waals surface area contributed by atoms with Crippen LogP contribution in [0.25, 0.3) is 35.4 Å². The Morgan fingerprint density at radius 3 is 1.63 bits per heavy atom. The molecule has 0 radical (unpaired) electrons. The van der Waals surface area contributed by atoms with Gasteiger partial charge in [0.05, 0.1) is 16.9 Å². The molecule has 0 unspecified atom stereocenters. The molecule has 0 saturated carbocycles. The van der Waals surface area contributed by atoms with Crippen LogP contribution in [0.2, 0.25) is 0 Å². The molecular weight excluding hydrogens is 542 g/mol. The second-order valence-electron chi connectivity index (χ2n) is 7.66. The van der Waals surface area contributed by atoms with Crippen LogP contribution < -0.4 is 64.4 Å². The van der Waals surface area contributed by atoms with E-state index in [4.69, 9.17) is 0 Å². The Hall–Kier alpha value is -1.50. The molecule has 4 aromatic rings. The number of benzene rings is 4. The first-order valence-electron chi connectivity index (χ1n) is 10.8. The summed E-state index contributed by atoms with van der Waals surface area (Å²) in [6.07, 6.45) is 7.29. The molecule has 0 spiro atoms. The zero-order valence-corrected chi connectivity index (χ0v) is 26.4. The van der Waals surface area contributed by atoms with Gasteiger partial charge < -0.3 is 9.81 Å². The summed E-state index contributed by atoms with van der Waals surface area (Å²) >= 11 is 0.855. The third kappa shape index (κ3) is 9.31. The van der Waals surface area contributed by atoms with Gasteiger partial charge in [-0.3, -0.25) is 5.04 Å². The molecule has 0 heterocycles. The largest absolute Gasteiger partial charge is 1.00 e. The van der Waals surface area contributed by atoms with Crippen LogP contribution in [-0.4, -0.2) is 13.0 Å². The smallest absolute Gasteiger partial charge is 0.744 e. The molecule has 0 bridgehead atoms. The van der Waals surface area contributed by atoms with E-state index in [0.717, 1.165) is 44.8 Å². The zero-order chi connectivity index (χ0) is 25.4. The summed E-state index contributed by atoms with van der Waals surface area (Å²) in [6.45, 7) is 0. The van der Waals surface area contributed by atoms with E-state index in [9.17, 15) is 18.2 Å². The maximum atomic E-state index is 11.4. The van der Waals surface area contributed by atoms with Gasteiger partial charge in [0.15, 0.2) is 0 Å². The van der Waals surface area contributed by atoms with Crippen molar-refractivity contribution in [3.63, 3.8) is 0 Å². The summed E-state index contributed by atoms with van der Waals surface area (Å²) in [5.41, 5.74) is 5.20. The van der Waals surface area contributed by atoms with Crippen molar-refractivity contribution in [2.24, 2.45) is 0 Å². The average Bonchev–Trinajstić information content (AvgIpc) is 2.90. The van der Waals surface area contributed by atoms with E-state index < -0.39 is 10.1 Å². The molecular formula is C28H20Na2O6S2. The van der Waals surface area contributed by atoms with Crippen molar-refractivity contribution in [2.45, 2.75) is 9.79 Å². The third-order valence-corrected chi connectivity index (χ3v) is 6.91. The summed E-state index contributed by atoms with van der Waals surface area (Å²) in [7, 11) is -4.54. The minimum atomic E-state index is -4.54. The Labute approximate surface area is 270 Å². The van der Waals surface area contributed by atoms with Gasteiger partial charge in [-0.1, -0.05) is 109 Å². The first kappa shape index (κ1) is 32.7. The summed E-state index contributed by atoms with van der Waals surface area (Å²) in [4.78, 5) is 0.521. The molecule has 0 aliphatic carbocycles. The Bertz CT molecular complexity index is 1490. The van der Waals surface area contributed by atoms with Crippen molar-refractivity contribution < 1.29 is 86.7 Å². The van der Waals surface area contributed by atoms with Gasteiger partial charge in [0.1, 0.15) is 10.1 Å². The fraction of sp³-hybridized carbons (Fsp3) is 0. The molecule has 0 aliphatic rings. The second kappa shape index (κ2) is 15.9. The number of rotatable bonds is 9. The molecule has 0 aliphatic heterocycles. The van der Waals surface area contributed by atoms with Gasteiger partial charge in [0.2, 0.25) is 0 Å². The van der Waals surface area contributed by atoms with E-state index in [1.165, 1.54) is 12.1 Å². The molecule has 0 aromatic heterocycles. The van der Waals surface area contributed by atoms with Crippen molar-refractivity contribution >= 4 is 46.5 Å². The van der Waals surface area contributed by atoms with E-state index in [1.54, 1.807) is 24.3 Å². The summed E-state index contributed by atoms with van der Waals surface area (Å²) in [5, 5.41) is 13.5. The van der Waals surface area contributed by atoms with Crippen molar-refractivity contribution in [1.82, 2.24) is 0 Å². The summed E-state index contributed by atoms with van der Waals surface area (Å²) in [6, 6.07) is 29.5. The third-order valence-electron chi connectivity index (χ3n) is 5.32. The zero-order valence-electron chi connectivity index (χ0n) is 20.8. The average molecular weight is 563 g/mol. The molecule has 38 heavy (non-hydrogen) atoms. The normalized spacial score (nSPS) is 11.3. The van der Waals surface area contributed by atoms with Crippen molar-refractivity contribution in [3.8, 4) is 11.1 Å². The van der Waals surface area contributed by atoms with Crippen molar-refractivity contribution in [2.75, 3.05) is 0 Å². The number of hydrogen-bond donors (Lipinski definition) is 0. The Morgan fingerprint density at radius 1 is 0.632 bits per heavy atom. The molecule has 0 atom stereocenters. The molecule has 182 valence electrons. The van der Waals surface area contributed by atoms with Gasteiger partial charge in [-0.25, -0.2) is 8.42 Å². The van der Waals surface area contributed by atoms with E-state index in [0.29, 0.717) is 5.56 Å². The predicted molar refractivity (Wildman–Crippen MR) is 139 cm³/mol. The van der Waals surface area contributed by atoms with Gasteiger partial charge in [0.25, 0.3) is 0 Å². The Balaban J connectivity index is 0.00000253. The van der Waals surface area contributed by atoms with E-state index in [1.807, 2.05) is 84.9 Å². The predicted octanol–water partition coefficient (Wildman–Crippen LogP) is -0.163. The second-order valence-corrected chi connectivity index (χ2v) is 9.75. The molecule has 0 saturated heterocycles. The SMILES string of the molecule is O=S(=O)([O-])c1ccccc1C=Cc1ccc(-c2ccc(C=Cc3ccccc3SOO[O-])cc2)cc1.[Na+].[Na+]. The van der Waals surface area contributed by atoms with Crippen LogP contribution in [0.4, 0.5) is 0 Å². The number of hydrogen-bond acceptors (Lipinski definition) is 7. The van der Waals surface area contributed by atoms with Crippen LogP contribution in [0.1, 0.15) is 22.3 Å². The van der Waals surface area contributed by atoms with Gasteiger partial charge in [0, 0.05) is 4.90 Å². The van der Waals surface area contributed by atoms with E-state index in [-0.39, 0.29) is 64.0 Å². The molecule has 0 fully saturated rings. The fourth-order valence-electron chi connectivity index (χ4n) is 3.54. The van der Waals surface area contributed by atoms with Gasteiger partial charge in [-0.2, -0.15) is 4.33 Å². The molecule has 4 aromatic carbocycles. The molecule has 0 amide bonds. The first-order chi connectivity index (χ1) is 17.4. The molecule has 10 heteroatoms. The monoisotopic (exact) mass is 562 g/mol. The van der Waals surface area contributed by atoms with Crippen LogP contribution in [0.3, 0.4) is 0 Å². The van der Waals surface area contributed by atoms with E-state index >= 15 is 0 Å². The van der Waals surface area contributed by atoms with Crippen LogP contribution >= 0.6 is 12.0 Å². The Kier molecular flexibility index (Phi) is 13.7. The minimum Gasteiger partial charge on any atom is -0.744 e. The summed E-state index contributed by atoms with van der Waals surface area (Å²) in [5.74, 6) is 0. The topological polar surface area (TPSA) is 98.7 Å². The molecule has 4 rings (SSSR count). The van der Waals surface area contributed by atoms with E-state index in [2.05, 4.69) is 9.37 Å². The quantitative estimate of drug-likeness (QED) is 0.0698. The van der Waals surface area contributed by atoms with Crippen molar-refractivity contribution in [3.05, 3.63) is 119 Å². The van der Waals surface area contributed by atoms with Crippen LogP contribution in [0, 0.1) is 0 Å². The fourth-order valence-corrected chi connectivity index (χ4v) is 4.67. The van der Waals surface area contributed by atoms with Crippen LogP contribution in [-0.2, 0) is 19.5 Å². The van der Waals surface area contributed by atoms with Crippen LogP contribution in [0.5, 0.6) is 0 Å². The molecule has 0 N–H and O–H groups in total. The standard InChI is InChI=1S/C28H22O6S2.2Na/c29-33-34-35-27-7-3-1-5-25(27)19-13-21-9-15-23(16-10-21)24-17-11-22(12-18-24)14-20-26-6-2-4-8-28(26)36(30,31)32;;/h1-20,29H,(H,30,31,32);;/q;2*+1/p-2. The van der Waals surface area contributed by atoms with Crippen LogP contribution in [0.15, 0.2) is 107 Å². The van der Waals surface area contributed by atoms with Crippen molar-refractivity contribution in [1.29, 1.82) is 0 Å². The molecule has 6 nitrogen and oxygen atoms in total. The first-order valence-corrected chi connectivity index (χ1v) is 12.9. The van der Waals surface area contributed by atoms with Gasteiger partial charge in [-0.05, 0) is 45.5 Å². The Morgan fingerprint density at radius 2 is 1.11 bits per heavy atom. The minimum absolute atomic E-state index is 0. The summed E-state index contributed by atoms with van der Waals surface area (Å²) < 4.78 is 38.8.